The zero-order valence-electron chi connectivity index (χ0n) is 13.1. The first kappa shape index (κ1) is 13.9. The molecule has 2 nitrogen and oxygen atoms in total. The highest BCUT2D eigenvalue weighted by Gasteiger charge is 2.50. The quantitative estimate of drug-likeness (QED) is 0.791. The predicted molar refractivity (Wildman–Crippen MR) is 81.3 cm³/mol. The van der Waals surface area contributed by atoms with Crippen molar-refractivity contribution in [2.45, 2.75) is 83.8 Å². The average Bonchev–Trinajstić information content (AvgIpc) is 3.12. The van der Waals surface area contributed by atoms with Gasteiger partial charge in [-0.3, -0.25) is 4.90 Å². The van der Waals surface area contributed by atoms with Gasteiger partial charge in [0.25, 0.3) is 0 Å². The van der Waals surface area contributed by atoms with Gasteiger partial charge in [-0.15, -0.1) is 0 Å². The van der Waals surface area contributed by atoms with Crippen LogP contribution in [0.5, 0.6) is 0 Å². The summed E-state index contributed by atoms with van der Waals surface area (Å²) in [7, 11) is 0. The van der Waals surface area contributed by atoms with Crippen molar-refractivity contribution in [2.24, 2.45) is 11.3 Å². The van der Waals surface area contributed by atoms with Gasteiger partial charge in [0.15, 0.2) is 0 Å². The Labute approximate surface area is 119 Å². The van der Waals surface area contributed by atoms with E-state index in [1.54, 1.807) is 0 Å². The van der Waals surface area contributed by atoms with E-state index in [9.17, 15) is 0 Å². The molecule has 1 N–H and O–H groups in total. The molecule has 0 aromatic carbocycles. The summed E-state index contributed by atoms with van der Waals surface area (Å²) in [6.45, 7) is 9.76. The molecular formula is C17H32N2. The predicted octanol–water partition coefficient (Wildman–Crippen LogP) is 3.42. The molecule has 2 heterocycles. The second kappa shape index (κ2) is 5.37. The summed E-state index contributed by atoms with van der Waals surface area (Å²) in [6.07, 6.45) is 9.98. The first-order valence-electron chi connectivity index (χ1n) is 8.64. The maximum Gasteiger partial charge on any atom is 0.0114 e. The van der Waals surface area contributed by atoms with Crippen molar-refractivity contribution in [3.63, 3.8) is 0 Å². The lowest BCUT2D eigenvalue weighted by Crippen LogP contribution is -2.51. The molecule has 2 atom stereocenters. The zero-order chi connectivity index (χ0) is 13.5. The summed E-state index contributed by atoms with van der Waals surface area (Å²) in [5.74, 6) is 0.878. The van der Waals surface area contributed by atoms with Gasteiger partial charge in [0.05, 0.1) is 0 Å². The summed E-state index contributed by atoms with van der Waals surface area (Å²) in [5, 5.41) is 3.77. The standard InChI is InChI=1S/C17H32N2/c1-4-9-18-14-10-15-5-6-16(11-14)19(15)12-17(7-8-17)13(2)3/h13-16,18H,4-12H2,1-3H3. The van der Waals surface area contributed by atoms with Crippen LogP contribution in [-0.4, -0.2) is 36.1 Å². The lowest BCUT2D eigenvalue weighted by atomic mass is 9.89. The fraction of sp³-hybridized carbons (Fsp3) is 1.00. The summed E-state index contributed by atoms with van der Waals surface area (Å²) in [6, 6.07) is 2.59. The van der Waals surface area contributed by atoms with Crippen molar-refractivity contribution in [2.75, 3.05) is 13.1 Å². The van der Waals surface area contributed by atoms with Crippen LogP contribution in [0, 0.1) is 11.3 Å². The van der Waals surface area contributed by atoms with Crippen molar-refractivity contribution in [3.05, 3.63) is 0 Å². The second-order valence-corrected chi connectivity index (χ2v) is 7.70. The molecule has 2 saturated heterocycles. The van der Waals surface area contributed by atoms with Crippen LogP contribution in [-0.2, 0) is 0 Å². The van der Waals surface area contributed by atoms with Crippen LogP contribution < -0.4 is 5.32 Å². The number of nitrogens with one attached hydrogen (secondary N) is 1. The van der Waals surface area contributed by atoms with Crippen molar-refractivity contribution in [1.29, 1.82) is 0 Å². The first-order valence-corrected chi connectivity index (χ1v) is 8.64. The normalized spacial score (nSPS) is 36.9. The van der Waals surface area contributed by atoms with Gasteiger partial charge in [0.1, 0.15) is 0 Å². The summed E-state index contributed by atoms with van der Waals surface area (Å²) in [4.78, 5) is 2.91. The van der Waals surface area contributed by atoms with Crippen LogP contribution in [0.1, 0.15) is 65.7 Å². The first-order chi connectivity index (χ1) is 9.14. The fourth-order valence-corrected chi connectivity index (χ4v) is 4.49. The maximum atomic E-state index is 3.77. The lowest BCUT2D eigenvalue weighted by molar-refractivity contribution is 0.0797. The van der Waals surface area contributed by atoms with E-state index < -0.39 is 0 Å². The van der Waals surface area contributed by atoms with Crippen LogP contribution in [0.25, 0.3) is 0 Å². The number of hydrogen-bond acceptors (Lipinski definition) is 2. The molecular weight excluding hydrogens is 232 g/mol. The van der Waals surface area contributed by atoms with Crippen LogP contribution in [0.15, 0.2) is 0 Å². The van der Waals surface area contributed by atoms with Crippen molar-refractivity contribution < 1.29 is 0 Å². The van der Waals surface area contributed by atoms with Gasteiger partial charge >= 0.3 is 0 Å². The smallest absolute Gasteiger partial charge is 0.0114 e. The summed E-state index contributed by atoms with van der Waals surface area (Å²) >= 11 is 0. The highest BCUT2D eigenvalue weighted by molar-refractivity contribution is 5.04. The van der Waals surface area contributed by atoms with Gasteiger partial charge in [0, 0.05) is 24.7 Å². The topological polar surface area (TPSA) is 15.3 Å². The molecule has 0 radical (unpaired) electrons. The minimum Gasteiger partial charge on any atom is -0.314 e. The fourth-order valence-electron chi connectivity index (χ4n) is 4.49. The number of hydrogen-bond donors (Lipinski definition) is 1. The molecule has 2 bridgehead atoms. The molecule has 0 spiro atoms. The molecule has 0 amide bonds. The lowest BCUT2D eigenvalue weighted by Gasteiger charge is -2.42. The van der Waals surface area contributed by atoms with E-state index in [0.29, 0.717) is 5.41 Å². The Hall–Kier alpha value is -0.0800. The molecule has 19 heavy (non-hydrogen) atoms. The van der Waals surface area contributed by atoms with E-state index >= 15 is 0 Å². The van der Waals surface area contributed by atoms with Crippen molar-refractivity contribution in [3.8, 4) is 0 Å². The molecule has 0 aromatic heterocycles. The van der Waals surface area contributed by atoms with E-state index in [4.69, 9.17) is 0 Å². The number of rotatable bonds is 6. The molecule has 3 rings (SSSR count). The Morgan fingerprint density at radius 1 is 1.16 bits per heavy atom. The second-order valence-electron chi connectivity index (χ2n) is 7.70. The van der Waals surface area contributed by atoms with Gasteiger partial charge in [-0.1, -0.05) is 20.8 Å². The van der Waals surface area contributed by atoms with Crippen LogP contribution >= 0.6 is 0 Å². The number of fused-ring (bicyclic) bond motifs is 2. The average molecular weight is 264 g/mol. The molecule has 110 valence electrons. The zero-order valence-corrected chi connectivity index (χ0v) is 13.1. The Bertz CT molecular complexity index is 294. The van der Waals surface area contributed by atoms with Crippen LogP contribution in [0.2, 0.25) is 0 Å². The highest BCUT2D eigenvalue weighted by Crippen LogP contribution is 2.54. The van der Waals surface area contributed by atoms with Gasteiger partial charge in [0.2, 0.25) is 0 Å². The summed E-state index contributed by atoms with van der Waals surface area (Å²) < 4.78 is 0. The highest BCUT2D eigenvalue weighted by atomic mass is 15.2. The number of nitrogens with zero attached hydrogens (tertiary/aromatic N) is 1. The molecule has 1 aliphatic carbocycles. The molecule has 0 aromatic rings. The SMILES string of the molecule is CCCNC1CC2CCC(C1)N2CC1(C(C)C)CC1. The van der Waals surface area contributed by atoms with Crippen LogP contribution in [0.3, 0.4) is 0 Å². The van der Waals surface area contributed by atoms with E-state index in [1.165, 1.54) is 58.0 Å². The van der Waals surface area contributed by atoms with Crippen LogP contribution in [0.4, 0.5) is 0 Å². The third-order valence-corrected chi connectivity index (χ3v) is 6.18. The molecule has 1 saturated carbocycles. The molecule has 3 fully saturated rings. The van der Waals surface area contributed by atoms with E-state index in [0.717, 1.165) is 24.0 Å². The van der Waals surface area contributed by atoms with E-state index in [2.05, 4.69) is 31.0 Å². The Balaban J connectivity index is 1.58. The Kier molecular flexibility index (Phi) is 3.92. The molecule has 2 heteroatoms. The third kappa shape index (κ3) is 2.71. The minimum absolute atomic E-state index is 0.699. The van der Waals surface area contributed by atoms with E-state index in [-0.39, 0.29) is 0 Å². The van der Waals surface area contributed by atoms with E-state index in [1.807, 2.05) is 0 Å². The summed E-state index contributed by atoms with van der Waals surface area (Å²) in [5.41, 5.74) is 0.699. The van der Waals surface area contributed by atoms with Gasteiger partial charge in [-0.2, -0.15) is 0 Å². The van der Waals surface area contributed by atoms with Gasteiger partial charge in [-0.25, -0.2) is 0 Å². The molecule has 2 aliphatic heterocycles. The van der Waals surface area contributed by atoms with Gasteiger partial charge in [-0.05, 0) is 62.8 Å². The molecule has 2 unspecified atom stereocenters. The minimum atomic E-state index is 0.699. The third-order valence-electron chi connectivity index (χ3n) is 6.18. The molecule has 3 aliphatic rings. The number of piperidine rings is 1. The Morgan fingerprint density at radius 3 is 2.26 bits per heavy atom. The Morgan fingerprint density at radius 2 is 1.79 bits per heavy atom. The van der Waals surface area contributed by atoms with Gasteiger partial charge < -0.3 is 5.32 Å². The maximum absolute atomic E-state index is 3.77. The largest absolute Gasteiger partial charge is 0.314 e. The monoisotopic (exact) mass is 264 g/mol. The van der Waals surface area contributed by atoms with Crippen molar-refractivity contribution >= 4 is 0 Å². The van der Waals surface area contributed by atoms with Crippen molar-refractivity contribution in [1.82, 2.24) is 10.2 Å².